The molecule has 150 valence electrons. The summed E-state index contributed by atoms with van der Waals surface area (Å²) in [5, 5.41) is 24.7. The molecule has 0 aromatic rings. The lowest BCUT2D eigenvalue weighted by molar-refractivity contribution is -0.137. The molecule has 0 aliphatic carbocycles. The highest BCUT2D eigenvalue weighted by molar-refractivity contribution is 5.66. The van der Waals surface area contributed by atoms with Crippen LogP contribution < -0.4 is 0 Å². The van der Waals surface area contributed by atoms with Gasteiger partial charge in [-0.05, 0) is 32.1 Å². The molecule has 0 rings (SSSR count). The fraction of sp³-hybridized carbons (Fsp3) is 0.850. The van der Waals surface area contributed by atoms with Gasteiger partial charge in [-0.1, -0.05) is 57.6 Å². The Kier molecular flexibility index (Phi) is 26.7. The first kappa shape index (κ1) is 26.3. The molecule has 0 saturated carbocycles. The molecule has 0 amide bonds. The van der Waals surface area contributed by atoms with Crippen LogP contribution in [-0.4, -0.2) is 47.7 Å². The van der Waals surface area contributed by atoms with Gasteiger partial charge in [0, 0.05) is 6.42 Å². The third kappa shape index (κ3) is 31.4. The van der Waals surface area contributed by atoms with E-state index < -0.39 is 5.97 Å². The summed E-state index contributed by atoms with van der Waals surface area (Å²) in [5.74, 6) is -0.666. The highest BCUT2D eigenvalue weighted by atomic mass is 16.5. The summed E-state index contributed by atoms with van der Waals surface area (Å²) < 4.78 is 4.63. The van der Waals surface area contributed by atoms with Crippen molar-refractivity contribution in [2.45, 2.75) is 84.0 Å². The van der Waals surface area contributed by atoms with Gasteiger partial charge >= 0.3 is 5.97 Å². The maximum atomic E-state index is 10.3. The van der Waals surface area contributed by atoms with E-state index in [1.807, 2.05) is 0 Å². The largest absolute Gasteiger partial charge is 0.481 e. The van der Waals surface area contributed by atoms with E-state index in [0.29, 0.717) is 19.6 Å². The number of carboxylic acids is 1. The summed E-state index contributed by atoms with van der Waals surface area (Å²) in [5.41, 5.74) is 0. The van der Waals surface area contributed by atoms with Crippen LogP contribution in [0.3, 0.4) is 0 Å². The summed E-state index contributed by atoms with van der Waals surface area (Å²) in [4.78, 5) is 10.3. The number of aliphatic hydroxyl groups is 2. The molecular weight excluding hydrogens is 320 g/mol. The van der Waals surface area contributed by atoms with Crippen molar-refractivity contribution in [2.24, 2.45) is 0 Å². The number of aliphatic carboxylic acids is 1. The fourth-order valence-electron chi connectivity index (χ4n) is 2.22. The predicted molar refractivity (Wildman–Crippen MR) is 103 cm³/mol. The fourth-order valence-corrected chi connectivity index (χ4v) is 2.22. The van der Waals surface area contributed by atoms with Gasteiger partial charge in [0.15, 0.2) is 0 Å². The van der Waals surface area contributed by atoms with E-state index in [2.05, 4.69) is 23.8 Å². The molecule has 0 atom stereocenters. The average Bonchev–Trinajstić information content (AvgIpc) is 2.60. The van der Waals surface area contributed by atoms with E-state index in [9.17, 15) is 4.79 Å². The number of allylic oxidation sites excluding steroid dienone is 2. The van der Waals surface area contributed by atoms with E-state index >= 15 is 0 Å². The number of carboxylic acid groups (broad SMARTS) is 1. The lowest BCUT2D eigenvalue weighted by Gasteiger charge is -1.98. The first-order chi connectivity index (χ1) is 12.2. The summed E-state index contributed by atoms with van der Waals surface area (Å²) in [7, 11) is 0. The minimum Gasteiger partial charge on any atom is -0.481 e. The monoisotopic (exact) mass is 360 g/mol. The normalized spacial score (nSPS) is 10.7. The van der Waals surface area contributed by atoms with Gasteiger partial charge in [-0.2, -0.15) is 0 Å². The predicted octanol–water partition coefficient (Wildman–Crippen LogP) is 4.32. The van der Waals surface area contributed by atoms with Gasteiger partial charge in [-0.25, -0.2) is 0 Å². The topological polar surface area (TPSA) is 87.0 Å². The Labute approximate surface area is 154 Å². The van der Waals surface area contributed by atoms with Crippen molar-refractivity contribution in [1.82, 2.24) is 0 Å². The number of unbranched alkanes of at least 4 members (excludes halogenated alkanes) is 9. The third-order valence-electron chi connectivity index (χ3n) is 3.62. The van der Waals surface area contributed by atoms with Gasteiger partial charge in [-0.3, -0.25) is 4.79 Å². The zero-order valence-corrected chi connectivity index (χ0v) is 16.1. The Morgan fingerprint density at radius 2 is 1.28 bits per heavy atom. The van der Waals surface area contributed by atoms with Crippen molar-refractivity contribution in [3.05, 3.63) is 12.2 Å². The molecule has 0 saturated heterocycles. The summed E-state index contributed by atoms with van der Waals surface area (Å²) in [6.07, 6.45) is 18.3. The van der Waals surface area contributed by atoms with Crippen LogP contribution in [0, 0.1) is 0 Å². The van der Waals surface area contributed by atoms with Crippen molar-refractivity contribution < 1.29 is 24.9 Å². The zero-order valence-electron chi connectivity index (χ0n) is 16.1. The SMILES string of the molecule is CCCCCC/C=C\CCCCCCCC(=O)O.OCCOCCO. The lowest BCUT2D eigenvalue weighted by atomic mass is 10.1. The lowest BCUT2D eigenvalue weighted by Crippen LogP contribution is -2.03. The van der Waals surface area contributed by atoms with E-state index in [1.54, 1.807) is 0 Å². The van der Waals surface area contributed by atoms with Gasteiger partial charge in [0.05, 0.1) is 26.4 Å². The second kappa shape index (κ2) is 25.3. The Morgan fingerprint density at radius 1 is 0.800 bits per heavy atom. The molecule has 0 bridgehead atoms. The Morgan fingerprint density at radius 3 is 1.76 bits per heavy atom. The third-order valence-corrected chi connectivity index (χ3v) is 3.62. The van der Waals surface area contributed by atoms with Gasteiger partial charge in [0.1, 0.15) is 0 Å². The maximum absolute atomic E-state index is 10.3. The average molecular weight is 361 g/mol. The van der Waals surface area contributed by atoms with Gasteiger partial charge in [0.2, 0.25) is 0 Å². The van der Waals surface area contributed by atoms with Crippen molar-refractivity contribution >= 4 is 5.97 Å². The molecule has 0 aliphatic rings. The van der Waals surface area contributed by atoms with Crippen LogP contribution >= 0.6 is 0 Å². The van der Waals surface area contributed by atoms with E-state index in [-0.39, 0.29) is 13.2 Å². The van der Waals surface area contributed by atoms with Crippen LogP contribution in [0.2, 0.25) is 0 Å². The number of carbonyl (C=O) groups is 1. The van der Waals surface area contributed by atoms with Crippen LogP contribution in [-0.2, 0) is 9.53 Å². The highest BCUT2D eigenvalue weighted by Gasteiger charge is 1.95. The minimum absolute atomic E-state index is 0.0278. The number of aliphatic hydroxyl groups excluding tert-OH is 2. The molecule has 0 aromatic heterocycles. The summed E-state index contributed by atoms with van der Waals surface area (Å²) in [6, 6.07) is 0. The van der Waals surface area contributed by atoms with Crippen LogP contribution in [0.15, 0.2) is 12.2 Å². The molecule has 25 heavy (non-hydrogen) atoms. The van der Waals surface area contributed by atoms with Crippen molar-refractivity contribution in [2.75, 3.05) is 26.4 Å². The molecule has 5 heteroatoms. The number of hydrogen-bond donors (Lipinski definition) is 3. The number of hydrogen-bond acceptors (Lipinski definition) is 4. The second-order valence-electron chi connectivity index (χ2n) is 6.08. The Bertz CT molecular complexity index is 275. The quantitative estimate of drug-likeness (QED) is 0.266. The molecule has 0 fully saturated rings. The smallest absolute Gasteiger partial charge is 0.303 e. The van der Waals surface area contributed by atoms with E-state index in [4.69, 9.17) is 15.3 Å². The molecule has 0 unspecified atom stereocenters. The van der Waals surface area contributed by atoms with Crippen molar-refractivity contribution in [1.29, 1.82) is 0 Å². The second-order valence-corrected chi connectivity index (χ2v) is 6.08. The van der Waals surface area contributed by atoms with Gasteiger partial charge in [0.25, 0.3) is 0 Å². The molecule has 0 aliphatic heterocycles. The van der Waals surface area contributed by atoms with Gasteiger partial charge < -0.3 is 20.1 Å². The molecule has 0 radical (unpaired) electrons. The van der Waals surface area contributed by atoms with E-state index in [0.717, 1.165) is 12.8 Å². The molecule has 0 aromatic carbocycles. The molecule has 0 spiro atoms. The number of rotatable bonds is 17. The Balaban J connectivity index is 0. The van der Waals surface area contributed by atoms with Crippen LogP contribution in [0.5, 0.6) is 0 Å². The van der Waals surface area contributed by atoms with Crippen molar-refractivity contribution in [3.63, 3.8) is 0 Å². The molecule has 3 N–H and O–H groups in total. The molecule has 0 heterocycles. The standard InChI is InChI=1S/C16H30O2.C4H10O3/c1-2-3-4-5-6-7-8-9-10-11-12-13-14-15-16(17)18;5-1-3-7-4-2-6/h7-8H,2-6,9-15H2,1H3,(H,17,18);5-6H,1-4H2/b8-7-;. The molecule has 5 nitrogen and oxygen atoms in total. The van der Waals surface area contributed by atoms with E-state index in [1.165, 1.54) is 57.8 Å². The maximum Gasteiger partial charge on any atom is 0.303 e. The Hall–Kier alpha value is -0.910. The molecular formula is C20H40O5. The van der Waals surface area contributed by atoms with Crippen LogP contribution in [0.1, 0.15) is 84.0 Å². The minimum atomic E-state index is -0.666. The van der Waals surface area contributed by atoms with Crippen molar-refractivity contribution in [3.8, 4) is 0 Å². The first-order valence-corrected chi connectivity index (χ1v) is 9.85. The highest BCUT2D eigenvalue weighted by Crippen LogP contribution is 2.08. The van der Waals surface area contributed by atoms with Crippen LogP contribution in [0.4, 0.5) is 0 Å². The van der Waals surface area contributed by atoms with Crippen LogP contribution in [0.25, 0.3) is 0 Å². The summed E-state index contributed by atoms with van der Waals surface area (Å²) >= 11 is 0. The first-order valence-electron chi connectivity index (χ1n) is 9.85. The summed E-state index contributed by atoms with van der Waals surface area (Å²) in [6.45, 7) is 2.94. The number of ether oxygens (including phenoxy) is 1. The van der Waals surface area contributed by atoms with Gasteiger partial charge in [-0.15, -0.1) is 0 Å². The zero-order chi connectivity index (χ0) is 19.0.